The Labute approximate surface area is 97.5 Å². The maximum absolute atomic E-state index is 13.2. The van der Waals surface area contributed by atoms with E-state index in [0.29, 0.717) is 6.92 Å². The Morgan fingerprint density at radius 2 is 1.39 bits per heavy atom. The number of aliphatic hydroxyl groups is 1. The zero-order valence-corrected chi connectivity index (χ0v) is 9.32. The summed E-state index contributed by atoms with van der Waals surface area (Å²) >= 11 is 0. The molecule has 0 aliphatic carbocycles. The second kappa shape index (κ2) is 5.17. The standard InChI is InChI=1S/C8H11F7O3/c1-5(10,4-16)17-8(14,15)6(2,11)18-7(12,13)3-9/h16H,3-4H2,1-2H3. The molecule has 3 nitrogen and oxygen atoms in total. The Bertz CT molecular complexity index is 252. The largest absolute Gasteiger partial charge is 0.417 e. The first-order valence-corrected chi connectivity index (χ1v) is 4.49. The van der Waals surface area contributed by atoms with Crippen molar-refractivity contribution in [1.82, 2.24) is 0 Å². The molecule has 0 saturated heterocycles. The first kappa shape index (κ1) is 17.4. The molecule has 0 radical (unpaired) electrons. The van der Waals surface area contributed by atoms with E-state index >= 15 is 0 Å². The lowest BCUT2D eigenvalue weighted by molar-refractivity contribution is -0.460. The van der Waals surface area contributed by atoms with E-state index in [4.69, 9.17) is 5.11 Å². The summed E-state index contributed by atoms with van der Waals surface area (Å²) in [7, 11) is 0. The van der Waals surface area contributed by atoms with E-state index in [1.165, 1.54) is 0 Å². The van der Waals surface area contributed by atoms with Gasteiger partial charge in [-0.1, -0.05) is 0 Å². The van der Waals surface area contributed by atoms with E-state index < -0.39 is 37.2 Å². The molecule has 0 heterocycles. The van der Waals surface area contributed by atoms with Crippen LogP contribution in [0.2, 0.25) is 0 Å². The van der Waals surface area contributed by atoms with Crippen LogP contribution in [0.5, 0.6) is 0 Å². The zero-order valence-electron chi connectivity index (χ0n) is 9.32. The average Bonchev–Trinajstić information content (AvgIpc) is 2.14. The van der Waals surface area contributed by atoms with Crippen molar-refractivity contribution < 1.29 is 45.3 Å². The minimum absolute atomic E-state index is 0.190. The molecule has 2 atom stereocenters. The molecular weight excluding hydrogens is 277 g/mol. The summed E-state index contributed by atoms with van der Waals surface area (Å²) in [5.41, 5.74) is 0. The highest BCUT2D eigenvalue weighted by molar-refractivity contribution is 4.78. The van der Waals surface area contributed by atoms with Gasteiger partial charge in [-0.25, -0.2) is 13.2 Å². The van der Waals surface area contributed by atoms with Crippen LogP contribution in [0.4, 0.5) is 30.7 Å². The molecule has 0 amide bonds. The fourth-order valence-electron chi connectivity index (χ4n) is 0.758. The van der Waals surface area contributed by atoms with Crippen LogP contribution in [-0.2, 0) is 9.47 Å². The topological polar surface area (TPSA) is 38.7 Å². The number of ether oxygens (including phenoxy) is 2. The minimum Gasteiger partial charge on any atom is -0.390 e. The molecule has 0 aliphatic rings. The average molecular weight is 288 g/mol. The van der Waals surface area contributed by atoms with Gasteiger partial charge in [0, 0.05) is 6.92 Å². The van der Waals surface area contributed by atoms with Crippen LogP contribution in [0.25, 0.3) is 0 Å². The maximum Gasteiger partial charge on any atom is 0.417 e. The smallest absolute Gasteiger partial charge is 0.390 e. The van der Waals surface area contributed by atoms with Crippen molar-refractivity contribution in [3.05, 3.63) is 0 Å². The van der Waals surface area contributed by atoms with E-state index in [-0.39, 0.29) is 6.92 Å². The molecule has 110 valence electrons. The van der Waals surface area contributed by atoms with Crippen molar-refractivity contribution >= 4 is 0 Å². The van der Waals surface area contributed by atoms with Crippen molar-refractivity contribution in [3.63, 3.8) is 0 Å². The molecule has 0 aromatic rings. The van der Waals surface area contributed by atoms with E-state index in [0.717, 1.165) is 0 Å². The fourth-order valence-corrected chi connectivity index (χ4v) is 0.758. The molecule has 0 saturated carbocycles. The molecule has 2 unspecified atom stereocenters. The SMILES string of the molecule is CC(F)(CO)OC(F)(F)C(C)(F)OC(F)(F)CF. The monoisotopic (exact) mass is 288 g/mol. The molecule has 18 heavy (non-hydrogen) atoms. The van der Waals surface area contributed by atoms with Crippen LogP contribution >= 0.6 is 0 Å². The highest BCUT2D eigenvalue weighted by Gasteiger charge is 2.61. The molecule has 10 heteroatoms. The van der Waals surface area contributed by atoms with Crippen molar-refractivity contribution in [2.75, 3.05) is 13.3 Å². The first-order valence-electron chi connectivity index (χ1n) is 4.49. The quantitative estimate of drug-likeness (QED) is 0.732. The summed E-state index contributed by atoms with van der Waals surface area (Å²) in [5.74, 6) is -7.91. The lowest BCUT2D eigenvalue weighted by Gasteiger charge is -2.34. The molecule has 0 aliphatic heterocycles. The van der Waals surface area contributed by atoms with Gasteiger partial charge in [0.2, 0.25) is 5.85 Å². The van der Waals surface area contributed by atoms with Gasteiger partial charge < -0.3 is 5.11 Å². The predicted octanol–water partition coefficient (Wildman–Crippen LogP) is 2.54. The Balaban J connectivity index is 4.97. The molecule has 0 spiro atoms. The third-order valence-corrected chi connectivity index (χ3v) is 1.64. The third kappa shape index (κ3) is 4.58. The Morgan fingerprint density at radius 1 is 0.944 bits per heavy atom. The van der Waals surface area contributed by atoms with Gasteiger partial charge in [-0.3, -0.25) is 9.47 Å². The van der Waals surface area contributed by atoms with Gasteiger partial charge in [-0.05, 0) is 6.92 Å². The highest BCUT2D eigenvalue weighted by Crippen LogP contribution is 2.41. The van der Waals surface area contributed by atoms with Crippen LogP contribution in [-0.4, -0.2) is 42.3 Å². The van der Waals surface area contributed by atoms with E-state index in [2.05, 4.69) is 9.47 Å². The molecule has 0 aromatic carbocycles. The number of halogens is 7. The van der Waals surface area contributed by atoms with Crippen molar-refractivity contribution in [3.8, 4) is 0 Å². The molecule has 0 bridgehead atoms. The first-order chi connectivity index (χ1) is 7.79. The van der Waals surface area contributed by atoms with Crippen molar-refractivity contribution in [2.45, 2.75) is 37.8 Å². The summed E-state index contributed by atoms with van der Waals surface area (Å²) in [6.07, 6.45) is -10.0. The zero-order chi connectivity index (χ0) is 14.8. The molecular formula is C8H11F7O3. The van der Waals surface area contributed by atoms with E-state index in [9.17, 15) is 30.7 Å². The number of hydrogen-bond acceptors (Lipinski definition) is 3. The summed E-state index contributed by atoms with van der Waals surface area (Å²) in [5, 5.41) is 8.30. The summed E-state index contributed by atoms with van der Waals surface area (Å²) in [4.78, 5) is 0. The number of hydrogen-bond donors (Lipinski definition) is 1. The molecule has 0 aromatic heterocycles. The molecule has 0 rings (SSSR count). The highest BCUT2D eigenvalue weighted by atomic mass is 19.3. The second-order valence-electron chi connectivity index (χ2n) is 3.67. The van der Waals surface area contributed by atoms with Crippen molar-refractivity contribution in [1.29, 1.82) is 0 Å². The number of rotatable bonds is 7. The number of alkyl halides is 7. The van der Waals surface area contributed by atoms with Crippen molar-refractivity contribution in [2.24, 2.45) is 0 Å². The lowest BCUT2D eigenvalue weighted by Crippen LogP contribution is -2.53. The van der Waals surface area contributed by atoms with Gasteiger partial charge in [0.15, 0.2) is 6.67 Å². The number of aliphatic hydroxyl groups excluding tert-OH is 1. The van der Waals surface area contributed by atoms with Crippen LogP contribution in [0.1, 0.15) is 13.8 Å². The van der Waals surface area contributed by atoms with Crippen LogP contribution in [0.15, 0.2) is 0 Å². The molecule has 0 fully saturated rings. The normalized spacial score (nSPS) is 20.3. The van der Waals surface area contributed by atoms with Gasteiger partial charge >= 0.3 is 18.1 Å². The van der Waals surface area contributed by atoms with Crippen LogP contribution < -0.4 is 0 Å². The second-order valence-corrected chi connectivity index (χ2v) is 3.67. The summed E-state index contributed by atoms with van der Waals surface area (Å²) in [6.45, 7) is -4.03. The molecule has 1 N–H and O–H groups in total. The lowest BCUT2D eigenvalue weighted by atomic mass is 10.3. The predicted molar refractivity (Wildman–Crippen MR) is 44.2 cm³/mol. The minimum atomic E-state index is -5.18. The van der Waals surface area contributed by atoms with Gasteiger partial charge in [0.05, 0.1) is 0 Å². The van der Waals surface area contributed by atoms with E-state index in [1.807, 2.05) is 0 Å². The Kier molecular flexibility index (Phi) is 5.00. The van der Waals surface area contributed by atoms with E-state index in [1.54, 1.807) is 0 Å². The van der Waals surface area contributed by atoms with Crippen LogP contribution in [0.3, 0.4) is 0 Å². The Morgan fingerprint density at radius 3 is 1.72 bits per heavy atom. The maximum atomic E-state index is 13.2. The van der Waals surface area contributed by atoms with Crippen LogP contribution in [0, 0.1) is 0 Å². The van der Waals surface area contributed by atoms with Gasteiger partial charge in [-0.2, -0.15) is 17.6 Å². The Hall–Kier alpha value is -0.610. The summed E-state index contributed by atoms with van der Waals surface area (Å²) < 4.78 is 94.6. The van der Waals surface area contributed by atoms with Gasteiger partial charge in [0.1, 0.15) is 6.61 Å². The fraction of sp³-hybridized carbons (Fsp3) is 1.00. The van der Waals surface area contributed by atoms with Gasteiger partial charge in [0.25, 0.3) is 0 Å². The van der Waals surface area contributed by atoms with Gasteiger partial charge in [-0.15, -0.1) is 0 Å². The third-order valence-electron chi connectivity index (χ3n) is 1.64. The summed E-state index contributed by atoms with van der Waals surface area (Å²) in [6, 6.07) is 0.